The molecule has 3 nitrogen and oxygen atoms in total. The van der Waals surface area contributed by atoms with Gasteiger partial charge in [-0.05, 0) is 48.9 Å². The van der Waals surface area contributed by atoms with Crippen LogP contribution in [-0.2, 0) is 4.74 Å². The van der Waals surface area contributed by atoms with E-state index in [2.05, 4.69) is 46.9 Å². The van der Waals surface area contributed by atoms with E-state index in [0.717, 1.165) is 12.8 Å². The number of hydrogen-bond acceptors (Lipinski definition) is 2. The van der Waals surface area contributed by atoms with Crippen molar-refractivity contribution in [1.82, 2.24) is 5.32 Å². The van der Waals surface area contributed by atoms with Crippen molar-refractivity contribution >= 4 is 6.09 Å². The second kappa shape index (κ2) is 18.5. The molecule has 0 heterocycles. The Morgan fingerprint density at radius 3 is 1.74 bits per heavy atom. The predicted octanol–water partition coefficient (Wildman–Crippen LogP) is 10.6. The molecule has 0 radical (unpaired) electrons. The minimum atomic E-state index is -0.185. The van der Waals surface area contributed by atoms with E-state index in [-0.39, 0.29) is 17.6 Å². The minimum absolute atomic E-state index is 0.185. The molecule has 35 heavy (non-hydrogen) atoms. The van der Waals surface area contributed by atoms with Crippen LogP contribution in [0.5, 0.6) is 0 Å². The molecule has 0 aromatic carbocycles. The van der Waals surface area contributed by atoms with E-state index in [4.69, 9.17) is 4.74 Å². The van der Waals surface area contributed by atoms with Crippen LogP contribution in [0.4, 0.5) is 4.79 Å². The first-order valence-corrected chi connectivity index (χ1v) is 15.7. The van der Waals surface area contributed by atoms with E-state index in [1.807, 2.05) is 0 Å². The van der Waals surface area contributed by atoms with E-state index >= 15 is 0 Å². The molecule has 208 valence electrons. The molecule has 0 spiro atoms. The van der Waals surface area contributed by atoms with Gasteiger partial charge in [-0.25, -0.2) is 4.79 Å². The summed E-state index contributed by atoms with van der Waals surface area (Å²) in [4.78, 5) is 12.7. The van der Waals surface area contributed by atoms with Crippen molar-refractivity contribution in [2.45, 2.75) is 176 Å². The molecule has 1 aliphatic rings. The number of carbonyl (C=O) groups excluding carboxylic acids is 1. The molecule has 0 aliphatic heterocycles. The number of alkyl carbamates (subject to hydrolysis) is 1. The number of nitrogens with one attached hydrogen (secondary N) is 1. The zero-order valence-corrected chi connectivity index (χ0v) is 24.8. The van der Waals surface area contributed by atoms with Crippen molar-refractivity contribution in [3.8, 4) is 0 Å². The smallest absolute Gasteiger partial charge is 0.407 e. The van der Waals surface area contributed by atoms with Crippen molar-refractivity contribution in [3.63, 3.8) is 0 Å². The van der Waals surface area contributed by atoms with Gasteiger partial charge < -0.3 is 10.1 Å². The first kappa shape index (κ1) is 32.3. The summed E-state index contributed by atoms with van der Waals surface area (Å²) in [5, 5.41) is 3.25. The highest BCUT2D eigenvalue weighted by Gasteiger charge is 2.40. The normalized spacial score (nSPS) is 22.6. The monoisotopic (exact) mass is 493 g/mol. The minimum Gasteiger partial charge on any atom is -0.449 e. The lowest BCUT2D eigenvalue weighted by molar-refractivity contribution is 0.0599. The van der Waals surface area contributed by atoms with Crippen LogP contribution in [0.15, 0.2) is 0 Å². The quantitative estimate of drug-likeness (QED) is 0.171. The third-order valence-corrected chi connectivity index (χ3v) is 8.50. The Kier molecular flexibility index (Phi) is 17.1. The first-order chi connectivity index (χ1) is 16.7. The third-order valence-electron chi connectivity index (χ3n) is 8.50. The lowest BCUT2D eigenvalue weighted by Gasteiger charge is -2.46. The molecule has 1 fully saturated rings. The summed E-state index contributed by atoms with van der Waals surface area (Å²) in [5.74, 6) is 0.524. The fourth-order valence-corrected chi connectivity index (χ4v) is 6.50. The summed E-state index contributed by atoms with van der Waals surface area (Å²) in [6, 6.07) is 0.237. The molecule has 0 saturated heterocycles. The van der Waals surface area contributed by atoms with Gasteiger partial charge in [-0.3, -0.25) is 0 Å². The lowest BCUT2D eigenvalue weighted by atomic mass is 9.62. The second-order valence-electron chi connectivity index (χ2n) is 13.0. The number of amides is 1. The average Bonchev–Trinajstić information content (AvgIpc) is 2.79. The molecule has 1 saturated carbocycles. The van der Waals surface area contributed by atoms with Gasteiger partial charge in [0.15, 0.2) is 0 Å². The molecule has 3 unspecified atom stereocenters. The van der Waals surface area contributed by atoms with E-state index in [1.165, 1.54) is 116 Å². The number of rotatable bonds is 20. The summed E-state index contributed by atoms with van der Waals surface area (Å²) >= 11 is 0. The van der Waals surface area contributed by atoms with E-state index < -0.39 is 0 Å². The molecule has 3 heteroatoms. The van der Waals surface area contributed by atoms with Gasteiger partial charge in [0.2, 0.25) is 0 Å². The molecular formula is C32H63NO2. The van der Waals surface area contributed by atoms with Gasteiger partial charge in [0.25, 0.3) is 0 Å². The van der Waals surface area contributed by atoms with Crippen LogP contribution >= 0.6 is 0 Å². The van der Waals surface area contributed by atoms with Crippen LogP contribution in [0.3, 0.4) is 0 Å². The van der Waals surface area contributed by atoms with E-state index in [1.54, 1.807) is 0 Å². The fourth-order valence-electron chi connectivity index (χ4n) is 6.50. The van der Waals surface area contributed by atoms with Crippen LogP contribution < -0.4 is 5.32 Å². The molecule has 1 rings (SSSR count). The number of ether oxygens (including phenoxy) is 1. The Labute approximate surface area is 220 Å². The Balaban J connectivity index is 2.41. The van der Waals surface area contributed by atoms with E-state index in [9.17, 15) is 4.79 Å². The van der Waals surface area contributed by atoms with Gasteiger partial charge in [0.1, 0.15) is 0 Å². The molecule has 0 bridgehead atoms. The SMILES string of the molecule is CCCCCCCCCCC(CCCCCCCC)COC(=O)NC1CC(C)(C)CC(C)(CC)C1. The molecule has 3 atom stereocenters. The van der Waals surface area contributed by atoms with Crippen molar-refractivity contribution in [1.29, 1.82) is 0 Å². The van der Waals surface area contributed by atoms with Gasteiger partial charge in [-0.15, -0.1) is 0 Å². The molecule has 1 aliphatic carbocycles. The average molecular weight is 494 g/mol. The first-order valence-electron chi connectivity index (χ1n) is 15.7. The highest BCUT2D eigenvalue weighted by atomic mass is 16.5. The van der Waals surface area contributed by atoms with Gasteiger partial charge in [0, 0.05) is 6.04 Å². The van der Waals surface area contributed by atoms with Gasteiger partial charge >= 0.3 is 6.09 Å². The maximum absolute atomic E-state index is 12.7. The molecule has 0 aromatic heterocycles. The van der Waals surface area contributed by atoms with Crippen molar-refractivity contribution in [2.24, 2.45) is 16.7 Å². The fraction of sp³-hybridized carbons (Fsp3) is 0.969. The zero-order valence-electron chi connectivity index (χ0n) is 24.8. The zero-order chi connectivity index (χ0) is 26.0. The Morgan fingerprint density at radius 1 is 0.771 bits per heavy atom. The van der Waals surface area contributed by atoms with Gasteiger partial charge in [0.05, 0.1) is 6.61 Å². The molecule has 0 aromatic rings. The number of unbranched alkanes of at least 4 members (excludes halogenated alkanes) is 12. The summed E-state index contributed by atoms with van der Waals surface area (Å²) in [6.07, 6.45) is 25.6. The van der Waals surface area contributed by atoms with Crippen molar-refractivity contribution in [3.05, 3.63) is 0 Å². The van der Waals surface area contributed by atoms with Crippen LogP contribution in [0.1, 0.15) is 170 Å². The molecular weight excluding hydrogens is 430 g/mol. The number of hydrogen-bond donors (Lipinski definition) is 1. The number of carbonyl (C=O) groups is 1. The van der Waals surface area contributed by atoms with Gasteiger partial charge in [-0.2, -0.15) is 0 Å². The lowest BCUT2D eigenvalue weighted by Crippen LogP contribution is -2.47. The third kappa shape index (κ3) is 15.9. The summed E-state index contributed by atoms with van der Waals surface area (Å²) < 4.78 is 5.84. The molecule has 1 amide bonds. The topological polar surface area (TPSA) is 38.3 Å². The maximum atomic E-state index is 12.7. The van der Waals surface area contributed by atoms with Crippen LogP contribution in [0, 0.1) is 16.7 Å². The Morgan fingerprint density at radius 2 is 1.26 bits per heavy atom. The predicted molar refractivity (Wildman–Crippen MR) is 153 cm³/mol. The summed E-state index contributed by atoms with van der Waals surface area (Å²) in [5.41, 5.74) is 0.592. The highest BCUT2D eigenvalue weighted by Crippen LogP contribution is 2.47. The van der Waals surface area contributed by atoms with Crippen LogP contribution in [0.25, 0.3) is 0 Å². The Hall–Kier alpha value is -0.730. The standard InChI is InChI=1S/C32H63NO2/c1-7-10-12-14-16-17-19-21-23-28(22-20-18-15-13-11-8-2)26-35-30(34)33-29-24-31(4,5)27-32(6,9-3)25-29/h28-29H,7-27H2,1-6H3,(H,33,34). The van der Waals surface area contributed by atoms with Gasteiger partial charge in [-0.1, -0.05) is 138 Å². The maximum Gasteiger partial charge on any atom is 0.407 e. The Bertz CT molecular complexity index is 532. The summed E-state index contributed by atoms with van der Waals surface area (Å²) in [6.45, 7) is 14.5. The van der Waals surface area contributed by atoms with Crippen LogP contribution in [0.2, 0.25) is 0 Å². The largest absolute Gasteiger partial charge is 0.449 e. The van der Waals surface area contributed by atoms with Crippen molar-refractivity contribution in [2.75, 3.05) is 6.61 Å². The van der Waals surface area contributed by atoms with Crippen molar-refractivity contribution < 1.29 is 9.53 Å². The highest BCUT2D eigenvalue weighted by molar-refractivity contribution is 5.67. The van der Waals surface area contributed by atoms with Crippen LogP contribution in [-0.4, -0.2) is 18.7 Å². The molecule has 1 N–H and O–H groups in total. The summed E-state index contributed by atoms with van der Waals surface area (Å²) in [7, 11) is 0. The second-order valence-corrected chi connectivity index (χ2v) is 13.0. The van der Waals surface area contributed by atoms with E-state index in [0.29, 0.717) is 17.9 Å².